The molecule has 5 atom stereocenters. The molecule has 22 heavy (non-hydrogen) atoms. The van der Waals surface area contributed by atoms with E-state index in [0.717, 1.165) is 0 Å². The highest BCUT2D eigenvalue weighted by Crippen LogP contribution is 2.37. The van der Waals surface area contributed by atoms with Crippen molar-refractivity contribution in [1.82, 2.24) is 4.98 Å². The van der Waals surface area contributed by atoms with Gasteiger partial charge in [0.05, 0.1) is 24.2 Å². The molecule has 1 saturated heterocycles. The van der Waals surface area contributed by atoms with E-state index in [1.54, 1.807) is 18.3 Å². The maximum atomic E-state index is 10.9. The molecule has 1 aliphatic rings. The van der Waals surface area contributed by atoms with Gasteiger partial charge in [0.15, 0.2) is 6.23 Å². The molecule has 0 bridgehead atoms. The van der Waals surface area contributed by atoms with E-state index in [4.69, 9.17) is 14.5 Å². The number of nitrogens with one attached hydrogen (secondary N) is 1. The van der Waals surface area contributed by atoms with Crippen LogP contribution in [-0.2, 0) is 9.30 Å². The maximum Gasteiger partial charge on any atom is 0.325 e. The molecule has 0 radical (unpaired) electrons. The summed E-state index contributed by atoms with van der Waals surface area (Å²) in [4.78, 5) is 21.7. The summed E-state index contributed by atoms with van der Waals surface area (Å²) in [5.41, 5.74) is 0.531. The number of hydrogen-bond acceptors (Lipinski definition) is 7. The molecule has 2 rings (SSSR count). The molecule has 6 N–H and O–H groups in total. The number of hydrogen-bond donors (Lipinski definition) is 6. The molecule has 1 fully saturated rings. The molecule has 1 aromatic heterocycles. The van der Waals surface area contributed by atoms with Gasteiger partial charge < -0.3 is 35.2 Å². The molecule has 124 valence electrons. The SMILES string of the molecule is O=P(O)(O)CC[C@H]1OC(Nc2cccnc2)[C@@H](O)[C@@H](O)[C@@H]1O. The molecule has 0 spiro atoms. The largest absolute Gasteiger partial charge is 0.388 e. The third-order valence-corrected chi connectivity index (χ3v) is 4.23. The van der Waals surface area contributed by atoms with Crippen molar-refractivity contribution in [1.29, 1.82) is 0 Å². The number of anilines is 1. The van der Waals surface area contributed by atoms with Gasteiger partial charge in [0.1, 0.15) is 18.3 Å². The Hall–Kier alpha value is -1.06. The average molecular weight is 334 g/mol. The van der Waals surface area contributed by atoms with Gasteiger partial charge in [-0.2, -0.15) is 0 Å². The quantitative estimate of drug-likeness (QED) is 0.367. The van der Waals surface area contributed by atoms with Crippen molar-refractivity contribution in [2.24, 2.45) is 0 Å². The molecule has 2 heterocycles. The van der Waals surface area contributed by atoms with Gasteiger partial charge in [-0.05, 0) is 18.6 Å². The minimum absolute atomic E-state index is 0.152. The van der Waals surface area contributed by atoms with Crippen LogP contribution < -0.4 is 5.32 Å². The number of nitrogens with zero attached hydrogens (tertiary/aromatic N) is 1. The van der Waals surface area contributed by atoms with E-state index in [2.05, 4.69) is 10.3 Å². The van der Waals surface area contributed by atoms with E-state index in [1.165, 1.54) is 6.20 Å². The summed E-state index contributed by atoms with van der Waals surface area (Å²) >= 11 is 0. The molecule has 9 nitrogen and oxygen atoms in total. The Labute approximate surface area is 126 Å². The Morgan fingerprint density at radius 1 is 1.23 bits per heavy atom. The summed E-state index contributed by atoms with van der Waals surface area (Å²) in [7, 11) is -4.25. The fourth-order valence-electron chi connectivity index (χ4n) is 2.22. The van der Waals surface area contributed by atoms with Crippen LogP contribution >= 0.6 is 7.60 Å². The van der Waals surface area contributed by atoms with Crippen LogP contribution in [0.3, 0.4) is 0 Å². The Morgan fingerprint density at radius 2 is 1.95 bits per heavy atom. The predicted molar refractivity (Wildman–Crippen MR) is 76.1 cm³/mol. The van der Waals surface area contributed by atoms with Crippen molar-refractivity contribution in [3.05, 3.63) is 24.5 Å². The lowest BCUT2D eigenvalue weighted by molar-refractivity contribution is -0.214. The van der Waals surface area contributed by atoms with Gasteiger partial charge in [0, 0.05) is 6.20 Å². The first-order chi connectivity index (χ1) is 10.3. The molecule has 1 unspecified atom stereocenters. The van der Waals surface area contributed by atoms with Crippen LogP contribution in [0.15, 0.2) is 24.5 Å². The molecule has 1 aromatic rings. The third-order valence-electron chi connectivity index (χ3n) is 3.39. The number of pyridine rings is 1. The lowest BCUT2D eigenvalue weighted by Gasteiger charge is -2.41. The van der Waals surface area contributed by atoms with Gasteiger partial charge in [-0.1, -0.05) is 0 Å². The van der Waals surface area contributed by atoms with Gasteiger partial charge in [-0.3, -0.25) is 9.55 Å². The van der Waals surface area contributed by atoms with Crippen LogP contribution in [0.1, 0.15) is 6.42 Å². The molecule has 0 aliphatic carbocycles. The van der Waals surface area contributed by atoms with Crippen molar-refractivity contribution in [2.75, 3.05) is 11.5 Å². The Balaban J connectivity index is 2.05. The Kier molecular flexibility index (Phi) is 5.51. The molecule has 10 heteroatoms. The summed E-state index contributed by atoms with van der Waals surface area (Å²) < 4.78 is 16.4. The molecule has 0 amide bonds. The number of rotatable bonds is 5. The molecular weight excluding hydrogens is 315 g/mol. The third kappa shape index (κ3) is 4.47. The van der Waals surface area contributed by atoms with Crippen LogP contribution in [0.25, 0.3) is 0 Å². The second kappa shape index (κ2) is 7.01. The Morgan fingerprint density at radius 3 is 2.55 bits per heavy atom. The van der Waals surface area contributed by atoms with Gasteiger partial charge in [-0.25, -0.2) is 0 Å². The van der Waals surface area contributed by atoms with E-state index >= 15 is 0 Å². The first kappa shape index (κ1) is 17.3. The number of aliphatic hydroxyl groups is 3. The summed E-state index contributed by atoms with van der Waals surface area (Å²) in [6.45, 7) is 0. The van der Waals surface area contributed by atoms with E-state index in [0.29, 0.717) is 5.69 Å². The standard InChI is InChI=1S/C12H19N2O7P/c15-9-8(3-5-22(18,19)20)21-12(11(17)10(9)16)14-7-2-1-4-13-6-7/h1-2,4,6,8-12,14-17H,3,5H2,(H2,18,19,20)/t8-,9-,10+,11+,12?/m1/s1. The number of aromatic nitrogens is 1. The highest BCUT2D eigenvalue weighted by atomic mass is 31.2. The molecular formula is C12H19N2O7P. The summed E-state index contributed by atoms with van der Waals surface area (Å²) in [6, 6.07) is 3.33. The second-order valence-corrected chi connectivity index (χ2v) is 6.91. The molecule has 0 aromatic carbocycles. The van der Waals surface area contributed by atoms with Crippen molar-refractivity contribution >= 4 is 13.3 Å². The van der Waals surface area contributed by atoms with E-state index in [9.17, 15) is 19.9 Å². The van der Waals surface area contributed by atoms with Gasteiger partial charge in [-0.15, -0.1) is 0 Å². The first-order valence-electron chi connectivity index (χ1n) is 6.69. The van der Waals surface area contributed by atoms with Crippen LogP contribution in [0.4, 0.5) is 5.69 Å². The smallest absolute Gasteiger partial charge is 0.325 e. The van der Waals surface area contributed by atoms with Crippen LogP contribution in [0.2, 0.25) is 0 Å². The van der Waals surface area contributed by atoms with Crippen molar-refractivity contribution in [3.63, 3.8) is 0 Å². The van der Waals surface area contributed by atoms with Crippen molar-refractivity contribution in [3.8, 4) is 0 Å². The zero-order valence-corrected chi connectivity index (χ0v) is 12.5. The highest BCUT2D eigenvalue weighted by Gasteiger charge is 2.44. The maximum absolute atomic E-state index is 10.9. The lowest BCUT2D eigenvalue weighted by atomic mass is 9.96. The zero-order chi connectivity index (χ0) is 16.3. The first-order valence-corrected chi connectivity index (χ1v) is 8.48. The summed E-state index contributed by atoms with van der Waals surface area (Å²) in [5.74, 6) is 0. The average Bonchev–Trinajstić information content (AvgIpc) is 2.47. The summed E-state index contributed by atoms with van der Waals surface area (Å²) in [6.07, 6.45) is -3.98. The minimum atomic E-state index is -4.25. The zero-order valence-electron chi connectivity index (χ0n) is 11.6. The van der Waals surface area contributed by atoms with Gasteiger partial charge in [0.25, 0.3) is 0 Å². The monoisotopic (exact) mass is 334 g/mol. The van der Waals surface area contributed by atoms with Crippen molar-refractivity contribution in [2.45, 2.75) is 37.1 Å². The highest BCUT2D eigenvalue weighted by molar-refractivity contribution is 7.51. The Bertz CT molecular complexity index is 525. The number of ether oxygens (including phenoxy) is 1. The fraction of sp³-hybridized carbons (Fsp3) is 0.583. The lowest BCUT2D eigenvalue weighted by Crippen LogP contribution is -2.59. The van der Waals surface area contributed by atoms with Gasteiger partial charge in [0.2, 0.25) is 0 Å². The topological polar surface area (TPSA) is 152 Å². The van der Waals surface area contributed by atoms with Crippen molar-refractivity contribution < 1.29 is 34.4 Å². The normalized spacial score (nSPS) is 32.7. The second-order valence-electron chi connectivity index (χ2n) is 5.13. The fourth-order valence-corrected chi connectivity index (χ4v) is 2.81. The predicted octanol–water partition coefficient (Wildman–Crippen LogP) is -1.13. The van der Waals surface area contributed by atoms with E-state index in [-0.39, 0.29) is 6.42 Å². The van der Waals surface area contributed by atoms with E-state index in [1.807, 2.05) is 0 Å². The van der Waals surface area contributed by atoms with Gasteiger partial charge >= 0.3 is 7.60 Å². The molecule has 0 saturated carbocycles. The molecule has 1 aliphatic heterocycles. The van der Waals surface area contributed by atoms with Crippen LogP contribution in [0, 0.1) is 0 Å². The minimum Gasteiger partial charge on any atom is -0.388 e. The number of aliphatic hydroxyl groups excluding tert-OH is 3. The van der Waals surface area contributed by atoms with E-state index < -0.39 is 44.4 Å². The van der Waals surface area contributed by atoms with Crippen LogP contribution in [-0.4, -0.2) is 66.9 Å². The summed E-state index contributed by atoms with van der Waals surface area (Å²) in [5, 5.41) is 32.5. The van der Waals surface area contributed by atoms with Crippen LogP contribution in [0.5, 0.6) is 0 Å².